The SMILES string of the molecule is CC(CNC1=NCCCC1)N1CCCC1. The van der Waals surface area contributed by atoms with Crippen molar-refractivity contribution in [1.82, 2.24) is 10.2 Å². The van der Waals surface area contributed by atoms with E-state index in [1.807, 2.05) is 0 Å². The van der Waals surface area contributed by atoms with Crippen molar-refractivity contribution in [1.29, 1.82) is 0 Å². The summed E-state index contributed by atoms with van der Waals surface area (Å²) in [6.45, 7) is 6.99. The molecular formula is C12H23N3. The van der Waals surface area contributed by atoms with Crippen LogP contribution in [0.3, 0.4) is 0 Å². The molecule has 2 aliphatic heterocycles. The standard InChI is InChI=1S/C12H23N3/c1-11(15-8-4-5-9-15)10-14-12-6-2-3-7-13-12/h11H,2-10H2,1H3,(H,13,14). The van der Waals surface area contributed by atoms with Crippen molar-refractivity contribution in [3.05, 3.63) is 0 Å². The van der Waals surface area contributed by atoms with Gasteiger partial charge in [-0.2, -0.15) is 0 Å². The fourth-order valence-electron chi connectivity index (χ4n) is 2.42. The molecule has 1 N–H and O–H groups in total. The fourth-order valence-corrected chi connectivity index (χ4v) is 2.42. The van der Waals surface area contributed by atoms with Crippen LogP contribution in [0.4, 0.5) is 0 Å². The number of nitrogens with zero attached hydrogens (tertiary/aromatic N) is 2. The van der Waals surface area contributed by atoms with E-state index in [1.165, 1.54) is 44.6 Å². The van der Waals surface area contributed by atoms with Gasteiger partial charge in [0.1, 0.15) is 0 Å². The number of hydrogen-bond donors (Lipinski definition) is 1. The van der Waals surface area contributed by atoms with Crippen molar-refractivity contribution < 1.29 is 0 Å². The number of nitrogens with one attached hydrogen (secondary N) is 1. The molecule has 3 nitrogen and oxygen atoms in total. The Morgan fingerprint density at radius 1 is 1.27 bits per heavy atom. The second kappa shape index (κ2) is 5.50. The van der Waals surface area contributed by atoms with Gasteiger partial charge >= 0.3 is 0 Å². The largest absolute Gasteiger partial charge is 0.372 e. The molecule has 0 aromatic rings. The third kappa shape index (κ3) is 3.20. The zero-order chi connectivity index (χ0) is 10.5. The molecule has 0 bridgehead atoms. The Morgan fingerprint density at radius 2 is 2.07 bits per heavy atom. The first-order chi connectivity index (χ1) is 7.36. The number of amidine groups is 1. The second-order valence-corrected chi connectivity index (χ2v) is 4.76. The lowest BCUT2D eigenvalue weighted by atomic mass is 10.2. The zero-order valence-electron chi connectivity index (χ0n) is 9.84. The summed E-state index contributed by atoms with van der Waals surface area (Å²) in [7, 11) is 0. The van der Waals surface area contributed by atoms with Crippen LogP contribution in [0.25, 0.3) is 0 Å². The normalized spacial score (nSPS) is 25.0. The van der Waals surface area contributed by atoms with Crippen LogP contribution in [0.1, 0.15) is 39.0 Å². The third-order valence-corrected chi connectivity index (χ3v) is 3.49. The maximum absolute atomic E-state index is 4.52. The minimum absolute atomic E-state index is 0.664. The lowest BCUT2D eigenvalue weighted by Crippen LogP contribution is -2.41. The van der Waals surface area contributed by atoms with Gasteiger partial charge in [0.15, 0.2) is 0 Å². The Labute approximate surface area is 92.9 Å². The van der Waals surface area contributed by atoms with Crippen LogP contribution in [-0.4, -0.2) is 43.0 Å². The summed E-state index contributed by atoms with van der Waals surface area (Å²) in [5, 5.41) is 3.51. The predicted molar refractivity (Wildman–Crippen MR) is 64.4 cm³/mol. The van der Waals surface area contributed by atoms with E-state index in [0.717, 1.165) is 19.5 Å². The molecule has 1 saturated heterocycles. The summed E-state index contributed by atoms with van der Waals surface area (Å²) < 4.78 is 0. The van der Waals surface area contributed by atoms with Crippen LogP contribution in [0.15, 0.2) is 4.99 Å². The van der Waals surface area contributed by atoms with Gasteiger partial charge in [0.05, 0.1) is 5.84 Å². The fraction of sp³-hybridized carbons (Fsp3) is 0.917. The highest BCUT2D eigenvalue weighted by molar-refractivity contribution is 5.82. The summed E-state index contributed by atoms with van der Waals surface area (Å²) in [6.07, 6.45) is 6.50. The van der Waals surface area contributed by atoms with Gasteiger partial charge in [-0.3, -0.25) is 9.89 Å². The summed E-state index contributed by atoms with van der Waals surface area (Å²) in [5.41, 5.74) is 0. The molecule has 0 radical (unpaired) electrons. The number of aliphatic imine (C=N–C) groups is 1. The van der Waals surface area contributed by atoms with Crippen LogP contribution in [0, 0.1) is 0 Å². The minimum Gasteiger partial charge on any atom is -0.372 e. The average molecular weight is 209 g/mol. The van der Waals surface area contributed by atoms with Crippen molar-refractivity contribution >= 4 is 5.84 Å². The first kappa shape index (κ1) is 10.9. The van der Waals surface area contributed by atoms with Crippen LogP contribution < -0.4 is 5.32 Å². The van der Waals surface area contributed by atoms with Gasteiger partial charge in [0.25, 0.3) is 0 Å². The Hall–Kier alpha value is -0.570. The highest BCUT2D eigenvalue weighted by atomic mass is 15.2. The van der Waals surface area contributed by atoms with Crippen molar-refractivity contribution in [3.8, 4) is 0 Å². The van der Waals surface area contributed by atoms with Gasteiger partial charge in [0.2, 0.25) is 0 Å². The van der Waals surface area contributed by atoms with Crippen LogP contribution in [0.2, 0.25) is 0 Å². The van der Waals surface area contributed by atoms with Gasteiger partial charge in [-0.25, -0.2) is 0 Å². The summed E-state index contributed by atoms with van der Waals surface area (Å²) in [5.74, 6) is 1.24. The molecule has 0 spiro atoms. The summed E-state index contributed by atoms with van der Waals surface area (Å²) in [4.78, 5) is 7.09. The maximum atomic E-state index is 4.52. The molecule has 0 aromatic heterocycles. The van der Waals surface area contributed by atoms with E-state index in [2.05, 4.69) is 22.1 Å². The molecule has 0 amide bonds. The second-order valence-electron chi connectivity index (χ2n) is 4.76. The van der Waals surface area contributed by atoms with Gasteiger partial charge in [0, 0.05) is 25.6 Å². The minimum atomic E-state index is 0.664. The molecule has 0 saturated carbocycles. The Kier molecular flexibility index (Phi) is 4.01. The van der Waals surface area contributed by atoms with Crippen molar-refractivity contribution in [2.75, 3.05) is 26.2 Å². The van der Waals surface area contributed by atoms with Gasteiger partial charge in [-0.05, 0) is 45.7 Å². The molecule has 15 heavy (non-hydrogen) atoms. The van der Waals surface area contributed by atoms with Gasteiger partial charge < -0.3 is 5.32 Å². The van der Waals surface area contributed by atoms with E-state index < -0.39 is 0 Å². The molecular weight excluding hydrogens is 186 g/mol. The molecule has 0 aliphatic carbocycles. The summed E-state index contributed by atoms with van der Waals surface area (Å²) in [6, 6.07) is 0.664. The van der Waals surface area contributed by atoms with E-state index in [1.54, 1.807) is 0 Å². The van der Waals surface area contributed by atoms with E-state index in [4.69, 9.17) is 0 Å². The van der Waals surface area contributed by atoms with E-state index in [-0.39, 0.29) is 0 Å². The lowest BCUT2D eigenvalue weighted by Gasteiger charge is -2.25. The average Bonchev–Trinajstić information content (AvgIpc) is 2.81. The topological polar surface area (TPSA) is 27.6 Å². The highest BCUT2D eigenvalue weighted by Gasteiger charge is 2.18. The van der Waals surface area contributed by atoms with Crippen molar-refractivity contribution in [3.63, 3.8) is 0 Å². The highest BCUT2D eigenvalue weighted by Crippen LogP contribution is 2.11. The molecule has 2 heterocycles. The van der Waals surface area contributed by atoms with Crippen LogP contribution in [-0.2, 0) is 0 Å². The van der Waals surface area contributed by atoms with Gasteiger partial charge in [-0.1, -0.05) is 0 Å². The molecule has 0 aromatic carbocycles. The third-order valence-electron chi connectivity index (χ3n) is 3.49. The molecule has 3 heteroatoms. The van der Waals surface area contributed by atoms with Crippen molar-refractivity contribution in [2.24, 2.45) is 4.99 Å². The molecule has 2 aliphatic rings. The lowest BCUT2D eigenvalue weighted by molar-refractivity contribution is 0.259. The van der Waals surface area contributed by atoms with Crippen molar-refractivity contribution in [2.45, 2.75) is 45.1 Å². The van der Waals surface area contributed by atoms with Crippen LogP contribution in [0.5, 0.6) is 0 Å². The molecule has 1 fully saturated rings. The Bertz CT molecular complexity index is 219. The quantitative estimate of drug-likeness (QED) is 0.765. The number of rotatable bonds is 3. The molecule has 2 rings (SSSR count). The van der Waals surface area contributed by atoms with Crippen LogP contribution >= 0.6 is 0 Å². The monoisotopic (exact) mass is 209 g/mol. The molecule has 86 valence electrons. The number of likely N-dealkylation sites (tertiary alicyclic amines) is 1. The van der Waals surface area contributed by atoms with E-state index in [9.17, 15) is 0 Å². The first-order valence-corrected chi connectivity index (χ1v) is 6.37. The van der Waals surface area contributed by atoms with Gasteiger partial charge in [-0.15, -0.1) is 0 Å². The van der Waals surface area contributed by atoms with E-state index >= 15 is 0 Å². The Morgan fingerprint density at radius 3 is 2.73 bits per heavy atom. The molecule has 1 atom stereocenters. The van der Waals surface area contributed by atoms with E-state index in [0.29, 0.717) is 6.04 Å². The maximum Gasteiger partial charge on any atom is 0.0963 e. The summed E-state index contributed by atoms with van der Waals surface area (Å²) >= 11 is 0. The molecule has 1 unspecified atom stereocenters. The number of hydrogen-bond acceptors (Lipinski definition) is 3. The zero-order valence-corrected chi connectivity index (χ0v) is 9.84. The predicted octanol–water partition coefficient (Wildman–Crippen LogP) is 1.64. The first-order valence-electron chi connectivity index (χ1n) is 6.37. The Balaban J connectivity index is 1.69. The smallest absolute Gasteiger partial charge is 0.0963 e.